The van der Waals surface area contributed by atoms with Gasteiger partial charge in [-0.3, -0.25) is 4.21 Å². The molecule has 1 unspecified atom stereocenters. The topological polar surface area (TPSA) is 97.1 Å². The van der Waals surface area contributed by atoms with Gasteiger partial charge < -0.3 is 5.73 Å². The number of aryl methyl sites for hydroxylation is 2. The molecule has 0 fully saturated rings. The number of rotatable bonds is 2. The molecular formula is C13H17N5OS. The zero-order valence-electron chi connectivity index (χ0n) is 11.8. The van der Waals surface area contributed by atoms with E-state index in [0.717, 1.165) is 17.7 Å². The van der Waals surface area contributed by atoms with Gasteiger partial charge in [-0.05, 0) is 13.3 Å². The van der Waals surface area contributed by atoms with E-state index in [-0.39, 0.29) is 16.4 Å². The molecule has 0 aliphatic rings. The van der Waals surface area contributed by atoms with E-state index in [0.29, 0.717) is 5.65 Å². The Balaban J connectivity index is 0.000000956. The van der Waals surface area contributed by atoms with Crippen LogP contribution in [0.3, 0.4) is 0 Å². The van der Waals surface area contributed by atoms with E-state index in [4.69, 9.17) is 11.0 Å². The smallest absolute Gasteiger partial charge is 0.162 e. The van der Waals surface area contributed by atoms with Crippen molar-refractivity contribution in [3.8, 4) is 6.07 Å². The fraction of sp³-hybridized carbons (Fsp3) is 0.308. The Bertz CT molecular complexity index is 714. The fourth-order valence-electron chi connectivity index (χ4n) is 1.92. The van der Waals surface area contributed by atoms with E-state index in [2.05, 4.69) is 23.2 Å². The molecule has 7 heteroatoms. The zero-order chi connectivity index (χ0) is 15.4. The minimum Gasteiger partial charge on any atom is -0.382 e. The van der Waals surface area contributed by atoms with Crippen LogP contribution in [-0.2, 0) is 17.2 Å². The van der Waals surface area contributed by atoms with Gasteiger partial charge in [0.25, 0.3) is 0 Å². The van der Waals surface area contributed by atoms with E-state index in [1.54, 1.807) is 0 Å². The van der Waals surface area contributed by atoms with Gasteiger partial charge in [-0.15, -0.1) is 13.2 Å². The number of nitrogens with two attached hydrogens (primary N) is 1. The second kappa shape index (κ2) is 6.30. The standard InChI is InChI=1S/C11H13N5OS.C2H4/c1-4-7-6(2)15-16-9(13)8(5-12)11(18(3)17)14-10(7)16;1-2/h4,13H2,1-3H3;1-2H2. The van der Waals surface area contributed by atoms with Gasteiger partial charge in [-0.25, -0.2) is 4.98 Å². The minimum atomic E-state index is -1.36. The van der Waals surface area contributed by atoms with Crippen molar-refractivity contribution in [2.24, 2.45) is 0 Å². The molecule has 0 saturated carbocycles. The van der Waals surface area contributed by atoms with Gasteiger partial charge in [0.05, 0.1) is 16.5 Å². The lowest BCUT2D eigenvalue weighted by molar-refractivity contribution is 0.683. The second-order valence-electron chi connectivity index (χ2n) is 3.90. The third kappa shape index (κ3) is 2.42. The number of nitrogen functional groups attached to an aromatic ring is 1. The molecule has 0 radical (unpaired) electrons. The highest BCUT2D eigenvalue weighted by Gasteiger charge is 2.19. The summed E-state index contributed by atoms with van der Waals surface area (Å²) in [5.41, 5.74) is 8.40. The molecule has 0 amide bonds. The van der Waals surface area contributed by atoms with Gasteiger partial charge in [0.15, 0.2) is 10.7 Å². The molecule has 106 valence electrons. The number of fused-ring (bicyclic) bond motifs is 1. The number of nitriles is 1. The minimum absolute atomic E-state index is 0.133. The summed E-state index contributed by atoms with van der Waals surface area (Å²) in [6, 6.07) is 1.94. The van der Waals surface area contributed by atoms with Crippen LogP contribution in [0.1, 0.15) is 23.7 Å². The Morgan fingerprint density at radius 2 is 2.10 bits per heavy atom. The lowest BCUT2D eigenvalue weighted by Gasteiger charge is -2.05. The van der Waals surface area contributed by atoms with E-state index in [9.17, 15) is 4.21 Å². The van der Waals surface area contributed by atoms with Crippen LogP contribution in [0.25, 0.3) is 5.65 Å². The summed E-state index contributed by atoms with van der Waals surface area (Å²) >= 11 is 0. The van der Waals surface area contributed by atoms with Gasteiger partial charge in [-0.1, -0.05) is 6.92 Å². The number of hydrogen-bond donors (Lipinski definition) is 1. The van der Waals surface area contributed by atoms with E-state index < -0.39 is 10.8 Å². The third-order valence-electron chi connectivity index (χ3n) is 2.80. The summed E-state index contributed by atoms with van der Waals surface area (Å²) in [5, 5.41) is 13.6. The summed E-state index contributed by atoms with van der Waals surface area (Å²) in [5.74, 6) is 0.190. The molecule has 0 saturated heterocycles. The molecule has 0 aliphatic heterocycles. The van der Waals surface area contributed by atoms with Crippen molar-refractivity contribution >= 4 is 22.3 Å². The van der Waals surface area contributed by atoms with Crippen LogP contribution < -0.4 is 5.73 Å². The summed E-state index contributed by atoms with van der Waals surface area (Å²) in [6.07, 6.45) is 2.23. The molecule has 2 heterocycles. The molecule has 2 aromatic rings. The summed E-state index contributed by atoms with van der Waals surface area (Å²) < 4.78 is 13.1. The molecule has 1 atom stereocenters. The van der Waals surface area contributed by atoms with Crippen molar-refractivity contribution in [3.63, 3.8) is 0 Å². The largest absolute Gasteiger partial charge is 0.382 e. The van der Waals surface area contributed by atoms with E-state index in [1.807, 2.05) is 19.9 Å². The fourth-order valence-corrected chi connectivity index (χ4v) is 2.58. The molecule has 2 rings (SSSR count). The first-order chi connectivity index (χ1) is 9.51. The van der Waals surface area contributed by atoms with E-state index >= 15 is 0 Å². The maximum atomic E-state index is 11.6. The van der Waals surface area contributed by atoms with Crippen molar-refractivity contribution in [2.75, 3.05) is 12.0 Å². The first-order valence-electron chi connectivity index (χ1n) is 5.92. The zero-order valence-corrected chi connectivity index (χ0v) is 12.6. The van der Waals surface area contributed by atoms with Gasteiger partial charge in [0, 0.05) is 11.8 Å². The van der Waals surface area contributed by atoms with Crippen LogP contribution in [0.2, 0.25) is 0 Å². The van der Waals surface area contributed by atoms with Crippen LogP contribution in [0.15, 0.2) is 18.2 Å². The van der Waals surface area contributed by atoms with Crippen LogP contribution >= 0.6 is 0 Å². The van der Waals surface area contributed by atoms with Crippen LogP contribution in [-0.4, -0.2) is 25.1 Å². The monoisotopic (exact) mass is 291 g/mol. The molecule has 6 nitrogen and oxygen atoms in total. The normalized spacial score (nSPS) is 11.5. The Kier molecular flexibility index (Phi) is 5.00. The van der Waals surface area contributed by atoms with Gasteiger partial charge in [-0.2, -0.15) is 14.9 Å². The van der Waals surface area contributed by atoms with E-state index in [1.165, 1.54) is 10.8 Å². The SMILES string of the molecule is C=C.CCc1c(C)nn2c(N)c(C#N)c(S(C)=O)nc12. The molecule has 0 aliphatic carbocycles. The lowest BCUT2D eigenvalue weighted by Crippen LogP contribution is -2.09. The highest BCUT2D eigenvalue weighted by molar-refractivity contribution is 7.84. The maximum absolute atomic E-state index is 11.6. The predicted molar refractivity (Wildman–Crippen MR) is 79.8 cm³/mol. The quantitative estimate of drug-likeness (QED) is 0.669. The molecule has 0 bridgehead atoms. The van der Waals surface area contributed by atoms with Crippen molar-refractivity contribution in [3.05, 3.63) is 30.0 Å². The molecular weight excluding hydrogens is 274 g/mol. The average Bonchev–Trinajstić information content (AvgIpc) is 2.76. The highest BCUT2D eigenvalue weighted by Crippen LogP contribution is 2.23. The second-order valence-corrected chi connectivity index (χ2v) is 5.19. The predicted octanol–water partition coefficient (Wildman–Crippen LogP) is 1.59. The van der Waals surface area contributed by atoms with Gasteiger partial charge in [0.2, 0.25) is 0 Å². The molecule has 0 spiro atoms. The van der Waals surface area contributed by atoms with Gasteiger partial charge in [0.1, 0.15) is 17.5 Å². The average molecular weight is 291 g/mol. The third-order valence-corrected chi connectivity index (χ3v) is 3.64. The first kappa shape index (κ1) is 15.9. The van der Waals surface area contributed by atoms with Crippen molar-refractivity contribution in [1.29, 1.82) is 5.26 Å². The highest BCUT2D eigenvalue weighted by atomic mass is 32.2. The molecule has 20 heavy (non-hydrogen) atoms. The van der Waals surface area contributed by atoms with Gasteiger partial charge >= 0.3 is 0 Å². The number of nitrogens with zero attached hydrogens (tertiary/aromatic N) is 4. The summed E-state index contributed by atoms with van der Waals surface area (Å²) in [7, 11) is -1.36. The van der Waals surface area contributed by atoms with Crippen molar-refractivity contribution in [1.82, 2.24) is 14.6 Å². The Morgan fingerprint density at radius 1 is 1.50 bits per heavy atom. The Hall–Kier alpha value is -2.20. The lowest BCUT2D eigenvalue weighted by atomic mass is 10.2. The maximum Gasteiger partial charge on any atom is 0.162 e. The Morgan fingerprint density at radius 3 is 2.55 bits per heavy atom. The summed E-state index contributed by atoms with van der Waals surface area (Å²) in [6.45, 7) is 9.85. The number of aromatic nitrogens is 3. The van der Waals surface area contributed by atoms with Crippen molar-refractivity contribution in [2.45, 2.75) is 25.3 Å². The van der Waals surface area contributed by atoms with Crippen molar-refractivity contribution < 1.29 is 4.21 Å². The van der Waals surface area contributed by atoms with Crippen LogP contribution in [0.5, 0.6) is 0 Å². The van der Waals surface area contributed by atoms with Crippen LogP contribution in [0, 0.1) is 18.3 Å². The molecule has 2 aromatic heterocycles. The van der Waals surface area contributed by atoms with Crippen LogP contribution in [0.4, 0.5) is 5.82 Å². The summed E-state index contributed by atoms with van der Waals surface area (Å²) in [4.78, 5) is 4.30. The molecule has 0 aromatic carbocycles. The number of hydrogen-bond acceptors (Lipinski definition) is 5. The molecule has 2 N–H and O–H groups in total. The Labute approximate surface area is 120 Å². The number of anilines is 1. The first-order valence-corrected chi connectivity index (χ1v) is 7.48.